The summed E-state index contributed by atoms with van der Waals surface area (Å²) in [6, 6.07) is 8.17. The van der Waals surface area contributed by atoms with Gasteiger partial charge in [-0.3, -0.25) is 4.79 Å². The van der Waals surface area contributed by atoms with E-state index in [0.717, 1.165) is 5.56 Å². The highest BCUT2D eigenvalue weighted by atomic mass is 16.5. The van der Waals surface area contributed by atoms with Crippen molar-refractivity contribution in [3.05, 3.63) is 48.6 Å². The van der Waals surface area contributed by atoms with Gasteiger partial charge < -0.3 is 15.2 Å². The molecule has 0 saturated carbocycles. The van der Waals surface area contributed by atoms with E-state index in [-0.39, 0.29) is 19.6 Å². The van der Waals surface area contributed by atoms with Crippen molar-refractivity contribution >= 4 is 11.9 Å². The third-order valence-electron chi connectivity index (χ3n) is 2.38. The first-order valence-electron chi connectivity index (χ1n) is 5.88. The van der Waals surface area contributed by atoms with Crippen LogP contribution in [0.1, 0.15) is 5.56 Å². The minimum absolute atomic E-state index is 0.176. The predicted octanol–water partition coefficient (Wildman–Crippen LogP) is 1.00. The Balaban J connectivity index is 2.51. The van der Waals surface area contributed by atoms with Gasteiger partial charge >= 0.3 is 5.97 Å². The number of ether oxygens (including phenoxy) is 1. The van der Waals surface area contributed by atoms with Crippen LogP contribution in [0.5, 0.6) is 0 Å². The summed E-state index contributed by atoms with van der Waals surface area (Å²) in [5, 5.41) is 11.5. The topological polar surface area (TPSA) is 75.6 Å². The lowest BCUT2D eigenvalue weighted by molar-refractivity contribution is -0.142. The van der Waals surface area contributed by atoms with E-state index in [1.807, 2.05) is 30.3 Å². The molecule has 0 spiro atoms. The molecule has 0 saturated heterocycles. The molecule has 102 valence electrons. The number of hydrogen-bond donors (Lipinski definition) is 2. The SMILES string of the molecule is C=CCOCC(=O)N[C@H](Cc1ccccc1)C(=O)O. The number of carbonyl (C=O) groups excluding carboxylic acids is 1. The Bertz CT molecular complexity index is 430. The van der Waals surface area contributed by atoms with Gasteiger partial charge in [-0.05, 0) is 5.56 Å². The first kappa shape index (κ1) is 14.9. The average molecular weight is 263 g/mol. The van der Waals surface area contributed by atoms with Crippen molar-refractivity contribution in [2.24, 2.45) is 0 Å². The van der Waals surface area contributed by atoms with Crippen LogP contribution >= 0.6 is 0 Å². The summed E-state index contributed by atoms with van der Waals surface area (Å²) in [4.78, 5) is 22.6. The molecule has 1 aromatic rings. The molecule has 0 bridgehead atoms. The molecule has 0 radical (unpaired) electrons. The van der Waals surface area contributed by atoms with Crippen molar-refractivity contribution in [1.29, 1.82) is 0 Å². The molecule has 2 N–H and O–H groups in total. The van der Waals surface area contributed by atoms with Gasteiger partial charge in [0.05, 0.1) is 6.61 Å². The quantitative estimate of drug-likeness (QED) is 0.542. The van der Waals surface area contributed by atoms with Gasteiger partial charge in [0.25, 0.3) is 0 Å². The highest BCUT2D eigenvalue weighted by Gasteiger charge is 2.20. The Morgan fingerprint density at radius 3 is 2.63 bits per heavy atom. The van der Waals surface area contributed by atoms with E-state index in [2.05, 4.69) is 11.9 Å². The van der Waals surface area contributed by atoms with Gasteiger partial charge in [0.15, 0.2) is 0 Å². The summed E-state index contributed by atoms with van der Waals surface area (Å²) in [7, 11) is 0. The van der Waals surface area contributed by atoms with Crippen LogP contribution in [0.4, 0.5) is 0 Å². The molecule has 0 aliphatic rings. The van der Waals surface area contributed by atoms with Gasteiger partial charge in [0.1, 0.15) is 12.6 Å². The van der Waals surface area contributed by atoms with Crippen molar-refractivity contribution in [1.82, 2.24) is 5.32 Å². The smallest absolute Gasteiger partial charge is 0.326 e. The fraction of sp³-hybridized carbons (Fsp3) is 0.286. The summed E-state index contributed by atoms with van der Waals surface area (Å²) in [5.74, 6) is -1.52. The number of carboxylic acid groups (broad SMARTS) is 1. The van der Waals surface area contributed by atoms with Crippen LogP contribution in [0.2, 0.25) is 0 Å². The fourth-order valence-corrected chi connectivity index (χ4v) is 1.52. The zero-order valence-electron chi connectivity index (χ0n) is 10.5. The van der Waals surface area contributed by atoms with E-state index >= 15 is 0 Å². The summed E-state index contributed by atoms with van der Waals surface area (Å²) in [6.07, 6.45) is 1.76. The molecule has 0 heterocycles. The van der Waals surface area contributed by atoms with Crippen molar-refractivity contribution < 1.29 is 19.4 Å². The van der Waals surface area contributed by atoms with Gasteiger partial charge in [-0.2, -0.15) is 0 Å². The van der Waals surface area contributed by atoms with E-state index in [9.17, 15) is 9.59 Å². The molecule has 1 aromatic carbocycles. The van der Waals surface area contributed by atoms with E-state index in [4.69, 9.17) is 9.84 Å². The maximum Gasteiger partial charge on any atom is 0.326 e. The molecular formula is C14H17NO4. The van der Waals surface area contributed by atoms with Gasteiger partial charge in [-0.25, -0.2) is 4.79 Å². The van der Waals surface area contributed by atoms with Crippen LogP contribution in [-0.2, 0) is 20.7 Å². The van der Waals surface area contributed by atoms with Gasteiger partial charge in [-0.1, -0.05) is 36.4 Å². The van der Waals surface area contributed by atoms with Gasteiger partial charge in [0, 0.05) is 6.42 Å². The molecule has 5 nitrogen and oxygen atoms in total. The predicted molar refractivity (Wildman–Crippen MR) is 70.7 cm³/mol. The Morgan fingerprint density at radius 1 is 1.37 bits per heavy atom. The molecule has 1 atom stereocenters. The Morgan fingerprint density at radius 2 is 2.05 bits per heavy atom. The second-order valence-electron chi connectivity index (χ2n) is 3.95. The van der Waals surface area contributed by atoms with E-state index in [0.29, 0.717) is 0 Å². The maximum absolute atomic E-state index is 11.5. The van der Waals surface area contributed by atoms with Crippen LogP contribution in [0, 0.1) is 0 Å². The van der Waals surface area contributed by atoms with E-state index in [1.54, 1.807) is 0 Å². The molecule has 1 amide bonds. The molecule has 0 aliphatic heterocycles. The minimum atomic E-state index is -1.07. The number of amides is 1. The van der Waals surface area contributed by atoms with Crippen LogP contribution in [-0.4, -0.2) is 36.2 Å². The number of carbonyl (C=O) groups is 2. The number of rotatable bonds is 8. The minimum Gasteiger partial charge on any atom is -0.480 e. The summed E-state index contributed by atoms with van der Waals surface area (Å²) >= 11 is 0. The molecule has 0 aliphatic carbocycles. The molecular weight excluding hydrogens is 246 g/mol. The van der Waals surface area contributed by atoms with Crippen molar-refractivity contribution in [2.45, 2.75) is 12.5 Å². The average Bonchev–Trinajstić information content (AvgIpc) is 2.39. The second kappa shape index (κ2) is 8.05. The van der Waals surface area contributed by atoms with Crippen molar-refractivity contribution in [3.63, 3.8) is 0 Å². The number of nitrogens with one attached hydrogen (secondary N) is 1. The molecule has 1 rings (SSSR count). The lowest BCUT2D eigenvalue weighted by atomic mass is 10.1. The Labute approximate surface area is 111 Å². The lowest BCUT2D eigenvalue weighted by Gasteiger charge is -2.14. The largest absolute Gasteiger partial charge is 0.480 e. The van der Waals surface area contributed by atoms with E-state index in [1.165, 1.54) is 6.08 Å². The summed E-state index contributed by atoms with van der Waals surface area (Å²) in [5.41, 5.74) is 0.849. The standard InChI is InChI=1S/C14H17NO4/c1-2-8-19-10-13(16)15-12(14(17)18)9-11-6-4-3-5-7-11/h2-7,12H,1,8-10H2,(H,15,16)(H,17,18)/t12-/m1/s1. The molecule has 0 fully saturated rings. The third-order valence-corrected chi connectivity index (χ3v) is 2.38. The van der Waals surface area contributed by atoms with Crippen LogP contribution in [0.3, 0.4) is 0 Å². The van der Waals surface area contributed by atoms with Crippen LogP contribution in [0.25, 0.3) is 0 Å². The first-order valence-corrected chi connectivity index (χ1v) is 5.88. The summed E-state index contributed by atoms with van der Waals surface area (Å²) in [6.45, 7) is 3.53. The highest BCUT2D eigenvalue weighted by Crippen LogP contribution is 2.03. The number of aliphatic carboxylic acids is 1. The third kappa shape index (κ3) is 5.83. The van der Waals surface area contributed by atoms with Gasteiger partial charge in [-0.15, -0.1) is 6.58 Å². The van der Waals surface area contributed by atoms with Crippen LogP contribution < -0.4 is 5.32 Å². The number of carboxylic acids is 1. The normalized spacial score (nSPS) is 11.6. The second-order valence-corrected chi connectivity index (χ2v) is 3.95. The lowest BCUT2D eigenvalue weighted by Crippen LogP contribution is -2.43. The Kier molecular flexibility index (Phi) is 6.32. The molecule has 19 heavy (non-hydrogen) atoms. The zero-order valence-corrected chi connectivity index (χ0v) is 10.5. The molecule has 5 heteroatoms. The first-order chi connectivity index (χ1) is 9.13. The maximum atomic E-state index is 11.5. The van der Waals surface area contributed by atoms with Crippen LogP contribution in [0.15, 0.2) is 43.0 Å². The van der Waals surface area contributed by atoms with Gasteiger partial charge in [0.2, 0.25) is 5.91 Å². The number of benzene rings is 1. The highest BCUT2D eigenvalue weighted by molar-refractivity contribution is 5.84. The zero-order chi connectivity index (χ0) is 14.1. The van der Waals surface area contributed by atoms with E-state index < -0.39 is 17.9 Å². The molecule has 0 aromatic heterocycles. The fourth-order valence-electron chi connectivity index (χ4n) is 1.52. The Hall–Kier alpha value is -2.14. The van der Waals surface area contributed by atoms with Crippen molar-refractivity contribution in [3.8, 4) is 0 Å². The summed E-state index contributed by atoms with van der Waals surface area (Å²) < 4.78 is 4.95. The monoisotopic (exact) mass is 263 g/mol. The molecule has 0 unspecified atom stereocenters. The van der Waals surface area contributed by atoms with Crippen molar-refractivity contribution in [2.75, 3.05) is 13.2 Å². The number of hydrogen-bond acceptors (Lipinski definition) is 3.